The minimum Gasteiger partial charge on any atom is -0.335 e. The lowest BCUT2D eigenvalue weighted by atomic mass is 9.66. The molecule has 0 radical (unpaired) electrons. The van der Waals surface area contributed by atoms with Gasteiger partial charge >= 0.3 is 0 Å². The van der Waals surface area contributed by atoms with Gasteiger partial charge in [0.15, 0.2) is 14.6 Å². The van der Waals surface area contributed by atoms with Gasteiger partial charge in [-0.25, -0.2) is 8.42 Å². The summed E-state index contributed by atoms with van der Waals surface area (Å²) in [6, 6.07) is 0. The fraction of sp³-hybridized carbons (Fsp3) is 0.917. The first-order valence-corrected chi connectivity index (χ1v) is 8.32. The standard InChI is InChI=1S/C12H19NO3S/c1-17(15,16)12(6-3-7-12)10(14)13-9-8-11(13)4-2-5-11/h2-9H2,1H3. The van der Waals surface area contributed by atoms with Gasteiger partial charge in [0.25, 0.3) is 0 Å². The van der Waals surface area contributed by atoms with E-state index >= 15 is 0 Å². The summed E-state index contributed by atoms with van der Waals surface area (Å²) in [6.07, 6.45) is 7.51. The van der Waals surface area contributed by atoms with Gasteiger partial charge in [-0.05, 0) is 44.9 Å². The van der Waals surface area contributed by atoms with E-state index in [1.807, 2.05) is 4.90 Å². The zero-order valence-corrected chi connectivity index (χ0v) is 11.1. The zero-order chi connectivity index (χ0) is 12.3. The third-order valence-electron chi connectivity index (χ3n) is 5.16. The molecule has 2 aliphatic carbocycles. The normalized spacial score (nSPS) is 29.1. The van der Waals surface area contributed by atoms with E-state index in [0.29, 0.717) is 12.8 Å². The molecule has 3 fully saturated rings. The molecule has 17 heavy (non-hydrogen) atoms. The Kier molecular flexibility index (Phi) is 2.20. The monoisotopic (exact) mass is 257 g/mol. The molecule has 3 aliphatic rings. The van der Waals surface area contributed by atoms with Crippen LogP contribution in [0.5, 0.6) is 0 Å². The Labute approximate surface area is 102 Å². The van der Waals surface area contributed by atoms with Crippen LogP contribution in [-0.4, -0.2) is 42.3 Å². The minimum absolute atomic E-state index is 0.0599. The fourth-order valence-corrected chi connectivity index (χ4v) is 4.91. The average Bonchev–Trinajstić information content (AvgIpc) is 1.91. The third-order valence-corrected chi connectivity index (χ3v) is 7.17. The van der Waals surface area contributed by atoms with Crippen LogP contribution in [-0.2, 0) is 14.6 Å². The van der Waals surface area contributed by atoms with E-state index in [4.69, 9.17) is 0 Å². The third kappa shape index (κ3) is 1.29. The van der Waals surface area contributed by atoms with Crippen molar-refractivity contribution in [3.8, 4) is 0 Å². The summed E-state index contributed by atoms with van der Waals surface area (Å²) in [5, 5.41) is 0. The molecule has 96 valence electrons. The summed E-state index contributed by atoms with van der Waals surface area (Å²) in [6.45, 7) is 0.760. The number of hydrogen-bond donors (Lipinski definition) is 0. The second-order valence-electron chi connectivity index (χ2n) is 5.90. The quantitative estimate of drug-likeness (QED) is 0.744. The van der Waals surface area contributed by atoms with Crippen LogP contribution in [0, 0.1) is 0 Å². The summed E-state index contributed by atoms with van der Waals surface area (Å²) in [5.74, 6) is -0.0998. The highest BCUT2D eigenvalue weighted by atomic mass is 32.2. The molecule has 4 nitrogen and oxygen atoms in total. The van der Waals surface area contributed by atoms with Gasteiger partial charge in [0.1, 0.15) is 0 Å². The van der Waals surface area contributed by atoms with Gasteiger partial charge in [0, 0.05) is 18.3 Å². The van der Waals surface area contributed by atoms with Gasteiger partial charge in [-0.3, -0.25) is 4.79 Å². The molecule has 0 N–H and O–H groups in total. The maximum Gasteiger partial charge on any atom is 0.244 e. The van der Waals surface area contributed by atoms with Gasteiger partial charge in [-0.15, -0.1) is 0 Å². The molecule has 1 aliphatic heterocycles. The van der Waals surface area contributed by atoms with E-state index in [1.54, 1.807) is 0 Å². The van der Waals surface area contributed by atoms with Crippen LogP contribution in [0.1, 0.15) is 44.9 Å². The molecular weight excluding hydrogens is 238 g/mol. The lowest BCUT2D eigenvalue weighted by Gasteiger charge is -2.61. The van der Waals surface area contributed by atoms with E-state index in [2.05, 4.69) is 0 Å². The molecule has 2 saturated carbocycles. The predicted molar refractivity (Wildman–Crippen MR) is 64.3 cm³/mol. The highest BCUT2D eigenvalue weighted by Crippen LogP contribution is 2.51. The highest BCUT2D eigenvalue weighted by Gasteiger charge is 2.60. The first-order chi connectivity index (χ1) is 7.91. The van der Waals surface area contributed by atoms with Crippen molar-refractivity contribution >= 4 is 15.7 Å². The van der Waals surface area contributed by atoms with E-state index < -0.39 is 14.6 Å². The van der Waals surface area contributed by atoms with Gasteiger partial charge in [0.2, 0.25) is 5.91 Å². The van der Waals surface area contributed by atoms with Crippen molar-refractivity contribution in [3.05, 3.63) is 0 Å². The van der Waals surface area contributed by atoms with Crippen molar-refractivity contribution in [1.29, 1.82) is 0 Å². The van der Waals surface area contributed by atoms with E-state index in [1.165, 1.54) is 12.7 Å². The predicted octanol–water partition coefficient (Wildman–Crippen LogP) is 1.11. The van der Waals surface area contributed by atoms with Crippen molar-refractivity contribution < 1.29 is 13.2 Å². The molecule has 0 aromatic rings. The summed E-state index contributed by atoms with van der Waals surface area (Å²) in [4.78, 5) is 14.4. The Balaban J connectivity index is 1.87. The lowest BCUT2D eigenvalue weighted by molar-refractivity contribution is -0.161. The first kappa shape index (κ1) is 11.5. The van der Waals surface area contributed by atoms with E-state index in [0.717, 1.165) is 32.2 Å². The molecular formula is C12H19NO3S. The molecule has 1 amide bonds. The Morgan fingerprint density at radius 2 is 1.65 bits per heavy atom. The Morgan fingerprint density at radius 3 is 1.88 bits per heavy atom. The molecule has 0 unspecified atom stereocenters. The number of sulfone groups is 1. The topological polar surface area (TPSA) is 54.5 Å². The van der Waals surface area contributed by atoms with Crippen LogP contribution in [0.15, 0.2) is 0 Å². The summed E-state index contributed by atoms with van der Waals surface area (Å²) in [5.41, 5.74) is 0.0599. The molecule has 0 aromatic heterocycles. The molecule has 3 rings (SSSR count). The summed E-state index contributed by atoms with van der Waals surface area (Å²) in [7, 11) is -3.27. The SMILES string of the molecule is CS(=O)(=O)C1(C(=O)N2CCC23CCC3)CCC1. The van der Waals surface area contributed by atoms with Crippen LogP contribution in [0.3, 0.4) is 0 Å². The number of amides is 1. The number of nitrogens with zero attached hydrogens (tertiary/aromatic N) is 1. The molecule has 1 spiro atoms. The molecule has 0 bridgehead atoms. The van der Waals surface area contributed by atoms with Crippen molar-refractivity contribution in [2.45, 2.75) is 55.2 Å². The van der Waals surface area contributed by atoms with Crippen LogP contribution in [0.25, 0.3) is 0 Å². The van der Waals surface area contributed by atoms with Crippen LogP contribution < -0.4 is 0 Å². The van der Waals surface area contributed by atoms with Crippen LogP contribution >= 0.6 is 0 Å². The maximum atomic E-state index is 12.5. The van der Waals surface area contributed by atoms with E-state index in [9.17, 15) is 13.2 Å². The average molecular weight is 257 g/mol. The van der Waals surface area contributed by atoms with Crippen molar-refractivity contribution in [2.24, 2.45) is 0 Å². The van der Waals surface area contributed by atoms with E-state index in [-0.39, 0.29) is 11.4 Å². The van der Waals surface area contributed by atoms with Gasteiger partial charge in [0.05, 0.1) is 0 Å². The molecule has 0 aromatic carbocycles. The summed E-state index contributed by atoms with van der Waals surface area (Å²) >= 11 is 0. The van der Waals surface area contributed by atoms with Gasteiger partial charge in [-0.2, -0.15) is 0 Å². The van der Waals surface area contributed by atoms with Crippen LogP contribution in [0.2, 0.25) is 0 Å². The second kappa shape index (κ2) is 3.25. The van der Waals surface area contributed by atoms with Gasteiger partial charge < -0.3 is 4.90 Å². The number of carbonyl (C=O) groups is 1. The molecule has 5 heteroatoms. The van der Waals surface area contributed by atoms with Crippen molar-refractivity contribution in [3.63, 3.8) is 0 Å². The minimum atomic E-state index is -3.27. The number of carbonyl (C=O) groups excluding carboxylic acids is 1. The largest absolute Gasteiger partial charge is 0.335 e. The molecule has 0 atom stereocenters. The van der Waals surface area contributed by atoms with Crippen molar-refractivity contribution in [1.82, 2.24) is 4.90 Å². The Bertz CT molecular complexity index is 455. The smallest absolute Gasteiger partial charge is 0.244 e. The maximum absolute atomic E-state index is 12.5. The van der Waals surface area contributed by atoms with Crippen molar-refractivity contribution in [2.75, 3.05) is 12.8 Å². The molecule has 1 heterocycles. The Morgan fingerprint density at radius 1 is 1.06 bits per heavy atom. The lowest BCUT2D eigenvalue weighted by Crippen LogP contribution is -2.71. The zero-order valence-electron chi connectivity index (χ0n) is 10.2. The fourth-order valence-electron chi connectivity index (χ4n) is 3.45. The summed E-state index contributed by atoms with van der Waals surface area (Å²) < 4.78 is 22.7. The Hall–Kier alpha value is -0.580. The first-order valence-electron chi connectivity index (χ1n) is 6.43. The van der Waals surface area contributed by atoms with Gasteiger partial charge in [-0.1, -0.05) is 0 Å². The number of hydrogen-bond acceptors (Lipinski definition) is 3. The highest BCUT2D eigenvalue weighted by molar-refractivity contribution is 7.93. The second-order valence-corrected chi connectivity index (χ2v) is 8.23. The molecule has 1 saturated heterocycles. The number of rotatable bonds is 2. The number of likely N-dealkylation sites (tertiary alicyclic amines) is 1. The van der Waals surface area contributed by atoms with Crippen LogP contribution in [0.4, 0.5) is 0 Å².